The van der Waals surface area contributed by atoms with Crippen molar-refractivity contribution in [3.8, 4) is 16.9 Å². The number of sulfonamides is 1. The van der Waals surface area contributed by atoms with Gasteiger partial charge < -0.3 is 5.32 Å². The Morgan fingerprint density at radius 2 is 1.73 bits per heavy atom. The number of carbonyl (C=O) groups is 1. The predicted octanol–water partition coefficient (Wildman–Crippen LogP) is 4.49. The zero-order chi connectivity index (χ0) is 23.4. The van der Waals surface area contributed by atoms with Gasteiger partial charge in [0, 0.05) is 34.1 Å². The Kier molecular flexibility index (Phi) is 6.41. The molecular weight excluding hydrogens is 460 g/mol. The summed E-state index contributed by atoms with van der Waals surface area (Å²) in [6.45, 7) is 0. The van der Waals surface area contributed by atoms with E-state index >= 15 is 0 Å². The van der Waals surface area contributed by atoms with E-state index in [-0.39, 0.29) is 10.8 Å². The molecule has 0 fully saturated rings. The average molecular weight is 479 g/mol. The summed E-state index contributed by atoms with van der Waals surface area (Å²) < 4.78 is 24.5. The number of para-hydroxylation sites is 1. The predicted molar refractivity (Wildman–Crippen MR) is 129 cm³/mol. The molecule has 0 spiro atoms. The van der Waals surface area contributed by atoms with E-state index in [2.05, 4.69) is 5.32 Å². The zero-order valence-electron chi connectivity index (χ0n) is 17.2. The highest BCUT2D eigenvalue weighted by molar-refractivity contribution is 7.89. The molecule has 4 rings (SSSR count). The molecule has 3 N–H and O–H groups in total. The van der Waals surface area contributed by atoms with Crippen molar-refractivity contribution in [2.45, 2.75) is 4.90 Å². The SMILES string of the molecule is NS(=O)(=O)c1ccc(NC(=O)/C=C/c2cn(-c3ccccc3)nc2-c2cccc(Cl)c2)cc1. The van der Waals surface area contributed by atoms with Gasteiger partial charge in [0.05, 0.1) is 10.6 Å². The van der Waals surface area contributed by atoms with Crippen LogP contribution >= 0.6 is 11.6 Å². The number of benzene rings is 3. The van der Waals surface area contributed by atoms with Gasteiger partial charge in [-0.25, -0.2) is 18.2 Å². The molecule has 1 aromatic heterocycles. The Morgan fingerprint density at radius 1 is 1.00 bits per heavy atom. The highest BCUT2D eigenvalue weighted by Crippen LogP contribution is 2.27. The van der Waals surface area contributed by atoms with Crippen molar-refractivity contribution in [1.29, 1.82) is 0 Å². The molecule has 0 atom stereocenters. The number of primary sulfonamides is 1. The normalized spacial score (nSPS) is 11.6. The monoisotopic (exact) mass is 478 g/mol. The van der Waals surface area contributed by atoms with Gasteiger partial charge in [-0.05, 0) is 54.6 Å². The van der Waals surface area contributed by atoms with Crippen LogP contribution in [0.4, 0.5) is 5.69 Å². The van der Waals surface area contributed by atoms with E-state index < -0.39 is 10.0 Å². The quantitative estimate of drug-likeness (QED) is 0.398. The molecule has 1 amide bonds. The number of rotatable bonds is 6. The molecule has 0 unspecified atom stereocenters. The van der Waals surface area contributed by atoms with Gasteiger partial charge >= 0.3 is 0 Å². The fourth-order valence-corrected chi connectivity index (χ4v) is 3.87. The first-order valence-corrected chi connectivity index (χ1v) is 11.7. The third kappa shape index (κ3) is 5.56. The van der Waals surface area contributed by atoms with Crippen LogP contribution in [-0.4, -0.2) is 24.1 Å². The number of nitrogens with two attached hydrogens (primary N) is 1. The van der Waals surface area contributed by atoms with Crippen molar-refractivity contribution in [2.75, 3.05) is 5.32 Å². The number of hydrogen-bond acceptors (Lipinski definition) is 4. The second-order valence-electron chi connectivity index (χ2n) is 7.12. The van der Waals surface area contributed by atoms with Crippen LogP contribution in [0.5, 0.6) is 0 Å². The van der Waals surface area contributed by atoms with E-state index in [0.29, 0.717) is 16.4 Å². The highest BCUT2D eigenvalue weighted by atomic mass is 35.5. The Labute approximate surface area is 196 Å². The smallest absolute Gasteiger partial charge is 0.248 e. The van der Waals surface area contributed by atoms with Gasteiger partial charge in [-0.15, -0.1) is 0 Å². The number of carbonyl (C=O) groups excluding carboxylic acids is 1. The molecule has 4 aromatic rings. The lowest BCUT2D eigenvalue weighted by atomic mass is 10.1. The molecule has 0 aliphatic heterocycles. The van der Waals surface area contributed by atoms with E-state index in [1.807, 2.05) is 54.7 Å². The van der Waals surface area contributed by atoms with Gasteiger partial charge in [0.25, 0.3) is 0 Å². The van der Waals surface area contributed by atoms with Crippen molar-refractivity contribution in [1.82, 2.24) is 9.78 Å². The third-order valence-corrected chi connectivity index (χ3v) is 5.89. The summed E-state index contributed by atoms with van der Waals surface area (Å²) in [5.74, 6) is -0.386. The van der Waals surface area contributed by atoms with Gasteiger partial charge in [0.15, 0.2) is 0 Å². The second-order valence-corrected chi connectivity index (χ2v) is 9.11. The molecule has 0 radical (unpaired) electrons. The largest absolute Gasteiger partial charge is 0.323 e. The van der Waals surface area contributed by atoms with Gasteiger partial charge in [0.2, 0.25) is 15.9 Å². The zero-order valence-corrected chi connectivity index (χ0v) is 18.8. The van der Waals surface area contributed by atoms with E-state index in [9.17, 15) is 13.2 Å². The summed E-state index contributed by atoms with van der Waals surface area (Å²) in [5.41, 5.74) is 3.52. The van der Waals surface area contributed by atoms with Gasteiger partial charge in [0.1, 0.15) is 5.69 Å². The Bertz CT molecular complexity index is 1430. The van der Waals surface area contributed by atoms with Crippen molar-refractivity contribution in [3.63, 3.8) is 0 Å². The Balaban J connectivity index is 1.61. The summed E-state index contributed by atoms with van der Waals surface area (Å²) in [6.07, 6.45) is 4.88. The number of anilines is 1. The fourth-order valence-electron chi connectivity index (χ4n) is 3.16. The van der Waals surface area contributed by atoms with E-state index in [1.54, 1.807) is 16.8 Å². The summed E-state index contributed by atoms with van der Waals surface area (Å²) in [4.78, 5) is 12.4. The lowest BCUT2D eigenvalue weighted by Crippen LogP contribution is -2.12. The number of nitrogens with zero attached hydrogens (tertiary/aromatic N) is 2. The number of amides is 1. The average Bonchev–Trinajstić information content (AvgIpc) is 3.22. The molecule has 9 heteroatoms. The molecule has 1 heterocycles. The lowest BCUT2D eigenvalue weighted by Gasteiger charge is -2.03. The van der Waals surface area contributed by atoms with Crippen LogP contribution in [0.1, 0.15) is 5.56 Å². The third-order valence-electron chi connectivity index (χ3n) is 4.73. The van der Waals surface area contributed by atoms with Crippen molar-refractivity contribution in [3.05, 3.63) is 102 Å². The fraction of sp³-hybridized carbons (Fsp3) is 0. The standard InChI is InChI=1S/C24H19ClN4O3S/c25-19-6-4-5-17(15-19)24-18(16-29(28-24)21-7-2-1-3-8-21)9-14-23(30)27-20-10-12-22(13-11-20)33(26,31)32/h1-16H,(H,27,30)(H2,26,31,32)/b14-9+. The van der Waals surface area contributed by atoms with Crippen LogP contribution in [-0.2, 0) is 14.8 Å². The molecule has 166 valence electrons. The topological polar surface area (TPSA) is 107 Å². The van der Waals surface area contributed by atoms with Gasteiger partial charge in [-0.3, -0.25) is 4.79 Å². The van der Waals surface area contributed by atoms with Crippen molar-refractivity contribution >= 4 is 39.3 Å². The number of halogens is 1. The van der Waals surface area contributed by atoms with Crippen molar-refractivity contribution < 1.29 is 13.2 Å². The molecule has 7 nitrogen and oxygen atoms in total. The Hall–Kier alpha value is -3.72. The summed E-state index contributed by atoms with van der Waals surface area (Å²) >= 11 is 6.17. The van der Waals surface area contributed by atoms with E-state index in [4.69, 9.17) is 21.8 Å². The number of hydrogen-bond donors (Lipinski definition) is 2. The first-order chi connectivity index (χ1) is 15.8. The van der Waals surface area contributed by atoms with Crippen molar-refractivity contribution in [2.24, 2.45) is 5.14 Å². The maximum atomic E-state index is 12.5. The molecule has 0 aliphatic rings. The van der Waals surface area contributed by atoms with Crippen LogP contribution in [0.15, 0.2) is 96.0 Å². The molecule has 0 aliphatic carbocycles. The van der Waals surface area contributed by atoms with E-state index in [0.717, 1.165) is 16.8 Å². The summed E-state index contributed by atoms with van der Waals surface area (Å²) in [7, 11) is -3.79. The van der Waals surface area contributed by atoms with Crippen LogP contribution in [0, 0.1) is 0 Å². The van der Waals surface area contributed by atoms with Gasteiger partial charge in [-0.2, -0.15) is 5.10 Å². The second kappa shape index (κ2) is 9.41. The summed E-state index contributed by atoms with van der Waals surface area (Å²) in [6, 6.07) is 22.5. The number of aromatic nitrogens is 2. The molecule has 33 heavy (non-hydrogen) atoms. The van der Waals surface area contributed by atoms with Crippen LogP contribution < -0.4 is 10.5 Å². The summed E-state index contributed by atoms with van der Waals surface area (Å²) in [5, 5.41) is 13.1. The van der Waals surface area contributed by atoms with Gasteiger partial charge in [-0.1, -0.05) is 41.9 Å². The first kappa shape index (κ1) is 22.5. The molecule has 0 saturated heterocycles. The first-order valence-electron chi connectivity index (χ1n) is 9.82. The minimum atomic E-state index is -3.79. The molecule has 0 bridgehead atoms. The number of nitrogens with one attached hydrogen (secondary N) is 1. The molecule has 0 saturated carbocycles. The maximum absolute atomic E-state index is 12.5. The molecular formula is C24H19ClN4O3S. The maximum Gasteiger partial charge on any atom is 0.248 e. The van der Waals surface area contributed by atoms with Crippen LogP contribution in [0.25, 0.3) is 23.0 Å². The minimum absolute atomic E-state index is 0.0319. The Morgan fingerprint density at radius 3 is 2.39 bits per heavy atom. The van der Waals surface area contributed by atoms with Crippen LogP contribution in [0.2, 0.25) is 5.02 Å². The highest BCUT2D eigenvalue weighted by Gasteiger charge is 2.12. The van der Waals surface area contributed by atoms with E-state index in [1.165, 1.54) is 30.3 Å². The van der Waals surface area contributed by atoms with Crippen LogP contribution in [0.3, 0.4) is 0 Å². The molecule has 3 aromatic carbocycles. The lowest BCUT2D eigenvalue weighted by molar-refractivity contribution is -0.111. The minimum Gasteiger partial charge on any atom is -0.323 e.